The number of carbonyl (C=O) groups is 1. The Morgan fingerprint density at radius 1 is 1.36 bits per heavy atom. The highest BCUT2D eigenvalue weighted by atomic mass is 35.5. The molecule has 6 nitrogen and oxygen atoms in total. The summed E-state index contributed by atoms with van der Waals surface area (Å²) >= 11 is 0. The standard InChI is InChI=1S/C15H19N5O.ClH/c16-11-12-3-5-18-14(10-12)19-6-8-20(9-7-19)15(21)13-2-1-4-17-13;/h3,5,10,13,17H,1-2,4,6-9H2;1H/t13-;/m0./s1. The molecule has 1 N–H and O–H groups in total. The number of pyridine rings is 1. The van der Waals surface area contributed by atoms with Crippen molar-refractivity contribution in [3.63, 3.8) is 0 Å². The van der Waals surface area contributed by atoms with Crippen molar-refractivity contribution < 1.29 is 4.79 Å². The van der Waals surface area contributed by atoms with Crippen molar-refractivity contribution >= 4 is 24.1 Å². The molecular formula is C15H20ClN5O. The average Bonchev–Trinajstić information content (AvgIpc) is 3.09. The van der Waals surface area contributed by atoms with Crippen LogP contribution in [0.15, 0.2) is 18.3 Å². The van der Waals surface area contributed by atoms with E-state index < -0.39 is 0 Å². The lowest BCUT2D eigenvalue weighted by Crippen LogP contribution is -2.53. The maximum atomic E-state index is 12.3. The maximum Gasteiger partial charge on any atom is 0.239 e. The summed E-state index contributed by atoms with van der Waals surface area (Å²) < 4.78 is 0. The minimum absolute atomic E-state index is 0. The molecule has 22 heavy (non-hydrogen) atoms. The van der Waals surface area contributed by atoms with Crippen molar-refractivity contribution in [1.82, 2.24) is 15.2 Å². The molecule has 0 radical (unpaired) electrons. The van der Waals surface area contributed by atoms with E-state index in [4.69, 9.17) is 5.26 Å². The van der Waals surface area contributed by atoms with Crippen LogP contribution in [0.1, 0.15) is 18.4 Å². The van der Waals surface area contributed by atoms with E-state index in [0.29, 0.717) is 5.56 Å². The predicted octanol–water partition coefficient (Wildman–Crippen LogP) is 0.776. The van der Waals surface area contributed by atoms with E-state index in [-0.39, 0.29) is 24.4 Å². The van der Waals surface area contributed by atoms with Crippen LogP contribution in [-0.2, 0) is 4.79 Å². The van der Waals surface area contributed by atoms with E-state index in [2.05, 4.69) is 21.3 Å². The Bertz CT molecular complexity index is 559. The molecule has 3 heterocycles. The first-order chi connectivity index (χ1) is 10.3. The third-order valence-corrected chi connectivity index (χ3v) is 4.15. The molecule has 0 bridgehead atoms. The second-order valence-corrected chi connectivity index (χ2v) is 5.48. The quantitative estimate of drug-likeness (QED) is 0.871. The van der Waals surface area contributed by atoms with Crippen molar-refractivity contribution in [1.29, 1.82) is 5.26 Å². The normalized spacial score (nSPS) is 21.1. The summed E-state index contributed by atoms with van der Waals surface area (Å²) in [4.78, 5) is 20.7. The van der Waals surface area contributed by atoms with Crippen molar-refractivity contribution in [2.75, 3.05) is 37.6 Å². The molecule has 1 aromatic rings. The van der Waals surface area contributed by atoms with Crippen molar-refractivity contribution in [3.05, 3.63) is 23.9 Å². The van der Waals surface area contributed by atoms with E-state index in [1.165, 1.54) is 0 Å². The number of halogens is 1. The van der Waals surface area contributed by atoms with Gasteiger partial charge in [-0.15, -0.1) is 12.4 Å². The number of rotatable bonds is 2. The summed E-state index contributed by atoms with van der Waals surface area (Å²) in [6, 6.07) is 5.65. The fraction of sp³-hybridized carbons (Fsp3) is 0.533. The maximum absolute atomic E-state index is 12.3. The van der Waals surface area contributed by atoms with E-state index in [0.717, 1.165) is 51.4 Å². The van der Waals surface area contributed by atoms with Gasteiger partial charge >= 0.3 is 0 Å². The molecule has 2 saturated heterocycles. The first kappa shape index (κ1) is 16.5. The number of piperazine rings is 1. The number of nitrogens with zero attached hydrogens (tertiary/aromatic N) is 4. The van der Waals surface area contributed by atoms with Gasteiger partial charge in [0.25, 0.3) is 0 Å². The van der Waals surface area contributed by atoms with Crippen LogP contribution < -0.4 is 10.2 Å². The van der Waals surface area contributed by atoms with E-state index in [9.17, 15) is 4.79 Å². The molecule has 2 fully saturated rings. The van der Waals surface area contributed by atoms with Gasteiger partial charge in [0.2, 0.25) is 5.91 Å². The fourth-order valence-electron chi connectivity index (χ4n) is 2.93. The van der Waals surface area contributed by atoms with Crippen LogP contribution in [0.5, 0.6) is 0 Å². The van der Waals surface area contributed by atoms with Crippen LogP contribution in [0, 0.1) is 11.3 Å². The van der Waals surface area contributed by atoms with Gasteiger partial charge in [0.15, 0.2) is 0 Å². The van der Waals surface area contributed by atoms with Crippen LogP contribution in [0.2, 0.25) is 0 Å². The zero-order chi connectivity index (χ0) is 14.7. The number of nitriles is 1. The molecule has 0 unspecified atom stereocenters. The Morgan fingerprint density at radius 3 is 2.77 bits per heavy atom. The van der Waals surface area contributed by atoms with Gasteiger partial charge in [0, 0.05) is 32.4 Å². The Hall–Kier alpha value is -1.84. The minimum atomic E-state index is 0. The van der Waals surface area contributed by atoms with Crippen LogP contribution in [-0.4, -0.2) is 54.6 Å². The van der Waals surface area contributed by atoms with Gasteiger partial charge in [-0.2, -0.15) is 5.26 Å². The van der Waals surface area contributed by atoms with Crippen LogP contribution in [0.3, 0.4) is 0 Å². The lowest BCUT2D eigenvalue weighted by Gasteiger charge is -2.36. The van der Waals surface area contributed by atoms with Gasteiger partial charge in [-0.3, -0.25) is 4.79 Å². The van der Waals surface area contributed by atoms with Gasteiger partial charge in [-0.25, -0.2) is 4.98 Å². The molecule has 2 aliphatic rings. The highest BCUT2D eigenvalue weighted by molar-refractivity contribution is 5.85. The number of amides is 1. The lowest BCUT2D eigenvalue weighted by molar-refractivity contribution is -0.133. The molecular weight excluding hydrogens is 302 g/mol. The second kappa shape index (κ2) is 7.43. The average molecular weight is 322 g/mol. The Morgan fingerprint density at radius 2 is 2.14 bits per heavy atom. The third kappa shape index (κ3) is 3.49. The second-order valence-electron chi connectivity index (χ2n) is 5.48. The van der Waals surface area contributed by atoms with E-state index in [1.54, 1.807) is 18.3 Å². The first-order valence-corrected chi connectivity index (χ1v) is 7.41. The zero-order valence-corrected chi connectivity index (χ0v) is 13.2. The van der Waals surface area contributed by atoms with Gasteiger partial charge in [0.1, 0.15) is 5.82 Å². The third-order valence-electron chi connectivity index (χ3n) is 4.15. The highest BCUT2D eigenvalue weighted by Gasteiger charge is 2.29. The van der Waals surface area contributed by atoms with Crippen molar-refractivity contribution in [3.8, 4) is 6.07 Å². The van der Waals surface area contributed by atoms with Crippen LogP contribution >= 0.6 is 12.4 Å². The van der Waals surface area contributed by atoms with Gasteiger partial charge < -0.3 is 15.1 Å². The van der Waals surface area contributed by atoms with Crippen molar-refractivity contribution in [2.45, 2.75) is 18.9 Å². The molecule has 118 valence electrons. The summed E-state index contributed by atoms with van der Waals surface area (Å²) in [6.07, 6.45) is 3.69. The van der Waals surface area contributed by atoms with Crippen LogP contribution in [0.25, 0.3) is 0 Å². The highest BCUT2D eigenvalue weighted by Crippen LogP contribution is 2.16. The monoisotopic (exact) mass is 321 g/mol. The minimum Gasteiger partial charge on any atom is -0.353 e. The molecule has 1 amide bonds. The summed E-state index contributed by atoms with van der Waals surface area (Å²) in [6.45, 7) is 3.91. The smallest absolute Gasteiger partial charge is 0.239 e. The van der Waals surface area contributed by atoms with E-state index in [1.807, 2.05) is 4.90 Å². The summed E-state index contributed by atoms with van der Waals surface area (Å²) in [7, 11) is 0. The summed E-state index contributed by atoms with van der Waals surface area (Å²) in [5.74, 6) is 1.05. The molecule has 0 aliphatic carbocycles. The number of anilines is 1. The summed E-state index contributed by atoms with van der Waals surface area (Å²) in [5, 5.41) is 12.2. The Kier molecular flexibility index (Phi) is 5.58. The number of hydrogen-bond donors (Lipinski definition) is 1. The van der Waals surface area contributed by atoms with Gasteiger partial charge in [-0.05, 0) is 31.5 Å². The number of nitrogens with one attached hydrogen (secondary N) is 1. The van der Waals surface area contributed by atoms with Gasteiger partial charge in [0.05, 0.1) is 17.7 Å². The molecule has 7 heteroatoms. The molecule has 1 atom stereocenters. The summed E-state index contributed by atoms with van der Waals surface area (Å²) in [5.41, 5.74) is 0.619. The molecule has 3 rings (SSSR count). The predicted molar refractivity (Wildman–Crippen MR) is 86.0 cm³/mol. The molecule has 0 spiro atoms. The van der Waals surface area contributed by atoms with Gasteiger partial charge in [-0.1, -0.05) is 0 Å². The molecule has 1 aromatic heterocycles. The first-order valence-electron chi connectivity index (χ1n) is 7.41. The molecule has 0 saturated carbocycles. The number of aromatic nitrogens is 1. The fourth-order valence-corrected chi connectivity index (χ4v) is 2.93. The lowest BCUT2D eigenvalue weighted by atomic mass is 10.2. The number of hydrogen-bond acceptors (Lipinski definition) is 5. The van der Waals surface area contributed by atoms with Crippen LogP contribution in [0.4, 0.5) is 5.82 Å². The van der Waals surface area contributed by atoms with Crippen molar-refractivity contribution in [2.24, 2.45) is 0 Å². The molecule has 0 aromatic carbocycles. The molecule has 2 aliphatic heterocycles. The topological polar surface area (TPSA) is 72.3 Å². The Balaban J connectivity index is 0.00000176. The Labute approximate surface area is 136 Å². The largest absolute Gasteiger partial charge is 0.353 e. The number of carbonyl (C=O) groups excluding carboxylic acids is 1. The van der Waals surface area contributed by atoms with E-state index >= 15 is 0 Å². The SMILES string of the molecule is Cl.N#Cc1ccnc(N2CCN(C(=O)[C@@H]3CCCN3)CC2)c1. The zero-order valence-electron chi connectivity index (χ0n) is 12.4.